The smallest absolute Gasteiger partial charge is 0.190 e. The van der Waals surface area contributed by atoms with Crippen LogP contribution >= 0.6 is 23.1 Å². The standard InChI is InChI=1S/C15H19N3S2/c1-19-15-16-13(18-8-4-5-9-18)12-10-6-2-3-7-11(10)20-14(12)17-15/h2-9H2,1H3. The van der Waals surface area contributed by atoms with Gasteiger partial charge in [0.25, 0.3) is 0 Å². The third-order valence-electron chi connectivity index (χ3n) is 4.36. The molecule has 106 valence electrons. The maximum Gasteiger partial charge on any atom is 0.190 e. The molecule has 0 saturated carbocycles. The van der Waals surface area contributed by atoms with Crippen molar-refractivity contribution < 1.29 is 0 Å². The van der Waals surface area contributed by atoms with Crippen molar-refractivity contribution >= 4 is 39.1 Å². The second kappa shape index (κ2) is 5.19. The van der Waals surface area contributed by atoms with Crippen molar-refractivity contribution in [2.75, 3.05) is 24.2 Å². The molecule has 1 fully saturated rings. The summed E-state index contributed by atoms with van der Waals surface area (Å²) in [6.45, 7) is 2.31. The minimum atomic E-state index is 0.929. The minimum absolute atomic E-state index is 0.929. The molecule has 3 nitrogen and oxygen atoms in total. The zero-order chi connectivity index (χ0) is 13.5. The fourth-order valence-electron chi connectivity index (χ4n) is 3.37. The average molecular weight is 305 g/mol. The SMILES string of the molecule is CSc1nc(N2CCCC2)c2c3c(sc2n1)CCCC3. The molecule has 3 heterocycles. The molecule has 2 aromatic rings. The highest BCUT2D eigenvalue weighted by Crippen LogP contribution is 2.41. The van der Waals surface area contributed by atoms with Crippen molar-refractivity contribution in [3.05, 3.63) is 10.4 Å². The number of thioether (sulfide) groups is 1. The molecule has 1 aliphatic heterocycles. The molecule has 4 rings (SSSR count). The Hall–Kier alpha value is -0.810. The van der Waals surface area contributed by atoms with Crippen LogP contribution in [-0.4, -0.2) is 29.3 Å². The predicted octanol–water partition coefficient (Wildman–Crippen LogP) is 3.89. The van der Waals surface area contributed by atoms with Crippen LogP contribution in [0.25, 0.3) is 10.2 Å². The van der Waals surface area contributed by atoms with Crippen LogP contribution in [0, 0.1) is 0 Å². The van der Waals surface area contributed by atoms with Crippen LogP contribution < -0.4 is 4.90 Å². The lowest BCUT2D eigenvalue weighted by molar-refractivity contribution is 0.700. The molecule has 0 spiro atoms. The Morgan fingerprint density at radius 1 is 1.05 bits per heavy atom. The van der Waals surface area contributed by atoms with Gasteiger partial charge in [0, 0.05) is 18.0 Å². The lowest BCUT2D eigenvalue weighted by Crippen LogP contribution is -2.20. The molecule has 1 aliphatic carbocycles. The van der Waals surface area contributed by atoms with Crippen molar-refractivity contribution in [3.8, 4) is 0 Å². The first kappa shape index (κ1) is 12.9. The van der Waals surface area contributed by atoms with Gasteiger partial charge in [-0.15, -0.1) is 11.3 Å². The van der Waals surface area contributed by atoms with E-state index in [1.54, 1.807) is 22.2 Å². The fourth-order valence-corrected chi connectivity index (χ4v) is 5.04. The number of anilines is 1. The van der Waals surface area contributed by atoms with Gasteiger partial charge in [-0.1, -0.05) is 11.8 Å². The predicted molar refractivity (Wildman–Crippen MR) is 87.3 cm³/mol. The van der Waals surface area contributed by atoms with E-state index in [1.165, 1.54) is 54.6 Å². The summed E-state index contributed by atoms with van der Waals surface area (Å²) < 4.78 is 0. The lowest BCUT2D eigenvalue weighted by Gasteiger charge is -2.19. The van der Waals surface area contributed by atoms with Crippen molar-refractivity contribution in [1.82, 2.24) is 9.97 Å². The van der Waals surface area contributed by atoms with E-state index in [0.717, 1.165) is 18.2 Å². The van der Waals surface area contributed by atoms with Crippen molar-refractivity contribution in [2.24, 2.45) is 0 Å². The monoisotopic (exact) mass is 305 g/mol. The molecule has 2 aliphatic rings. The molecule has 2 aromatic heterocycles. The molecular weight excluding hydrogens is 286 g/mol. The first-order chi connectivity index (χ1) is 9.86. The van der Waals surface area contributed by atoms with E-state index >= 15 is 0 Å². The summed E-state index contributed by atoms with van der Waals surface area (Å²) in [5, 5.41) is 2.31. The number of aryl methyl sites for hydroxylation is 2. The van der Waals surface area contributed by atoms with E-state index in [1.807, 2.05) is 11.3 Å². The fraction of sp³-hybridized carbons (Fsp3) is 0.600. The summed E-state index contributed by atoms with van der Waals surface area (Å²) in [7, 11) is 0. The lowest BCUT2D eigenvalue weighted by atomic mass is 9.97. The van der Waals surface area contributed by atoms with Crippen molar-refractivity contribution in [1.29, 1.82) is 0 Å². The zero-order valence-corrected chi connectivity index (χ0v) is 13.4. The highest BCUT2D eigenvalue weighted by molar-refractivity contribution is 7.98. The number of fused-ring (bicyclic) bond motifs is 3. The minimum Gasteiger partial charge on any atom is -0.356 e. The van der Waals surface area contributed by atoms with Crippen LogP contribution in [0.4, 0.5) is 5.82 Å². The van der Waals surface area contributed by atoms with Gasteiger partial charge in [0.1, 0.15) is 10.6 Å². The average Bonchev–Trinajstić information content (AvgIpc) is 3.13. The van der Waals surface area contributed by atoms with E-state index in [0.29, 0.717) is 0 Å². The van der Waals surface area contributed by atoms with Gasteiger partial charge in [0.15, 0.2) is 5.16 Å². The van der Waals surface area contributed by atoms with E-state index in [4.69, 9.17) is 9.97 Å². The van der Waals surface area contributed by atoms with E-state index < -0.39 is 0 Å². The van der Waals surface area contributed by atoms with Crippen molar-refractivity contribution in [2.45, 2.75) is 43.7 Å². The maximum atomic E-state index is 4.87. The van der Waals surface area contributed by atoms with Gasteiger partial charge in [0.05, 0.1) is 5.39 Å². The summed E-state index contributed by atoms with van der Waals surface area (Å²) in [5.41, 5.74) is 1.56. The molecule has 0 bridgehead atoms. The van der Waals surface area contributed by atoms with Crippen LogP contribution in [0.1, 0.15) is 36.1 Å². The molecule has 0 radical (unpaired) electrons. The molecule has 0 atom stereocenters. The Bertz CT molecular complexity index is 644. The van der Waals surface area contributed by atoms with Crippen LogP contribution in [-0.2, 0) is 12.8 Å². The molecule has 1 saturated heterocycles. The van der Waals surface area contributed by atoms with Gasteiger partial charge in [-0.25, -0.2) is 9.97 Å². The first-order valence-electron chi connectivity index (χ1n) is 7.48. The van der Waals surface area contributed by atoms with Gasteiger partial charge in [0.2, 0.25) is 0 Å². The van der Waals surface area contributed by atoms with Gasteiger partial charge >= 0.3 is 0 Å². The Morgan fingerprint density at radius 2 is 1.85 bits per heavy atom. The number of aromatic nitrogens is 2. The third kappa shape index (κ3) is 2.02. The highest BCUT2D eigenvalue weighted by Gasteiger charge is 2.24. The normalized spacial score (nSPS) is 18.8. The summed E-state index contributed by atoms with van der Waals surface area (Å²) in [6.07, 6.45) is 9.79. The molecule has 0 aromatic carbocycles. The van der Waals surface area contributed by atoms with Gasteiger partial charge in [-0.2, -0.15) is 0 Å². The third-order valence-corrected chi connectivity index (χ3v) is 6.10. The zero-order valence-electron chi connectivity index (χ0n) is 11.8. The summed E-state index contributed by atoms with van der Waals surface area (Å²) in [4.78, 5) is 14.9. The number of rotatable bonds is 2. The second-order valence-electron chi connectivity index (χ2n) is 5.62. The Kier molecular flexibility index (Phi) is 3.34. The first-order valence-corrected chi connectivity index (χ1v) is 9.52. The largest absolute Gasteiger partial charge is 0.356 e. The summed E-state index contributed by atoms with van der Waals surface area (Å²) >= 11 is 3.57. The van der Waals surface area contributed by atoms with Crippen LogP contribution in [0.15, 0.2) is 5.16 Å². The number of thiophene rings is 1. The van der Waals surface area contributed by atoms with Gasteiger partial charge < -0.3 is 4.90 Å². The molecule has 20 heavy (non-hydrogen) atoms. The van der Waals surface area contributed by atoms with Crippen molar-refractivity contribution in [3.63, 3.8) is 0 Å². The number of hydrogen-bond acceptors (Lipinski definition) is 5. The Labute approximate surface area is 127 Å². The van der Waals surface area contributed by atoms with Gasteiger partial charge in [-0.3, -0.25) is 0 Å². The van der Waals surface area contributed by atoms with E-state index in [-0.39, 0.29) is 0 Å². The van der Waals surface area contributed by atoms with E-state index in [9.17, 15) is 0 Å². The molecule has 5 heteroatoms. The molecule has 0 N–H and O–H groups in total. The Balaban J connectivity index is 1.95. The van der Waals surface area contributed by atoms with E-state index in [2.05, 4.69) is 11.2 Å². The van der Waals surface area contributed by atoms with Gasteiger partial charge in [-0.05, 0) is 50.3 Å². The topological polar surface area (TPSA) is 29.0 Å². The number of hydrogen-bond donors (Lipinski definition) is 0. The summed E-state index contributed by atoms with van der Waals surface area (Å²) in [6, 6.07) is 0. The van der Waals surface area contributed by atoms with Crippen LogP contribution in [0.3, 0.4) is 0 Å². The van der Waals surface area contributed by atoms with Crippen LogP contribution in [0.2, 0.25) is 0 Å². The maximum absolute atomic E-state index is 4.87. The second-order valence-corrected chi connectivity index (χ2v) is 7.48. The molecule has 0 amide bonds. The Morgan fingerprint density at radius 3 is 2.65 bits per heavy atom. The summed E-state index contributed by atoms with van der Waals surface area (Å²) in [5.74, 6) is 1.22. The molecular formula is C15H19N3S2. The highest BCUT2D eigenvalue weighted by atomic mass is 32.2. The number of nitrogens with zero attached hydrogens (tertiary/aromatic N) is 3. The quantitative estimate of drug-likeness (QED) is 0.622. The van der Waals surface area contributed by atoms with Crippen LogP contribution in [0.5, 0.6) is 0 Å². The molecule has 0 unspecified atom stereocenters.